The van der Waals surface area contributed by atoms with Gasteiger partial charge >= 0.3 is 0 Å². The van der Waals surface area contributed by atoms with Gasteiger partial charge in [-0.2, -0.15) is 15.8 Å². The Balaban J connectivity index is 1.76. The Morgan fingerprint density at radius 1 is 1.30 bits per heavy atom. The van der Waals surface area contributed by atoms with Crippen molar-refractivity contribution >= 4 is 34.7 Å². The van der Waals surface area contributed by atoms with Crippen LogP contribution < -0.4 is 21.4 Å². The SMILES string of the molecule is COc1ccccc1[N-]C([NH2+]OCc1ccc(Cl)cc1Cl)=C1NON=C1N. The van der Waals surface area contributed by atoms with Crippen LogP contribution in [0.25, 0.3) is 5.32 Å². The molecule has 0 saturated carbocycles. The lowest BCUT2D eigenvalue weighted by atomic mass is 10.2. The monoisotopic (exact) mass is 409 g/mol. The van der Waals surface area contributed by atoms with Gasteiger partial charge in [-0.25, -0.2) is 0 Å². The number of methoxy groups -OCH3 is 1. The van der Waals surface area contributed by atoms with E-state index >= 15 is 0 Å². The first-order valence-electron chi connectivity index (χ1n) is 7.82. The van der Waals surface area contributed by atoms with Crippen LogP contribution in [0.5, 0.6) is 5.75 Å². The Labute approximate surface area is 165 Å². The Hall–Kier alpha value is -2.65. The molecule has 0 amide bonds. The van der Waals surface area contributed by atoms with E-state index in [-0.39, 0.29) is 12.4 Å². The third-order valence-corrected chi connectivity index (χ3v) is 4.17. The summed E-state index contributed by atoms with van der Waals surface area (Å²) in [5, 5.41) is 9.24. The molecule has 0 saturated heterocycles. The molecule has 2 aromatic carbocycles. The largest absolute Gasteiger partial charge is 0.603 e. The molecule has 0 aliphatic carbocycles. The van der Waals surface area contributed by atoms with Crippen molar-refractivity contribution < 1.29 is 20.0 Å². The average Bonchev–Trinajstić information content (AvgIpc) is 3.09. The van der Waals surface area contributed by atoms with Crippen LogP contribution in [0.2, 0.25) is 10.0 Å². The van der Waals surface area contributed by atoms with E-state index in [1.807, 2.05) is 12.1 Å². The number of rotatable bonds is 7. The molecule has 0 aromatic heterocycles. The summed E-state index contributed by atoms with van der Waals surface area (Å²) in [5.41, 5.74) is 11.6. The van der Waals surface area contributed by atoms with Gasteiger partial charge in [-0.15, -0.1) is 0 Å². The lowest BCUT2D eigenvalue weighted by molar-refractivity contribution is -0.864. The van der Waals surface area contributed by atoms with Crippen molar-refractivity contribution in [2.45, 2.75) is 6.61 Å². The highest BCUT2D eigenvalue weighted by atomic mass is 35.5. The quantitative estimate of drug-likeness (QED) is 0.609. The molecule has 1 aliphatic rings. The van der Waals surface area contributed by atoms with E-state index in [1.54, 1.807) is 37.4 Å². The van der Waals surface area contributed by atoms with Crippen LogP contribution >= 0.6 is 23.2 Å². The maximum Gasteiger partial charge on any atom is 0.197 e. The number of ether oxygens (including phenoxy) is 1. The van der Waals surface area contributed by atoms with Gasteiger partial charge in [-0.3, -0.25) is 4.94 Å². The van der Waals surface area contributed by atoms with Crippen LogP contribution in [-0.4, -0.2) is 12.9 Å². The molecule has 0 radical (unpaired) electrons. The van der Waals surface area contributed by atoms with Crippen molar-refractivity contribution in [2.24, 2.45) is 10.9 Å². The normalized spacial score (nSPS) is 14.9. The molecule has 2 aromatic rings. The van der Waals surface area contributed by atoms with Crippen molar-refractivity contribution in [2.75, 3.05) is 7.11 Å². The number of nitrogens with zero attached hydrogens (tertiary/aromatic N) is 2. The van der Waals surface area contributed by atoms with Gasteiger partial charge in [0.1, 0.15) is 12.4 Å². The van der Waals surface area contributed by atoms with Gasteiger partial charge < -0.3 is 15.8 Å². The summed E-state index contributed by atoms with van der Waals surface area (Å²) in [6.07, 6.45) is 0. The predicted octanol–water partition coefficient (Wildman–Crippen LogP) is 2.68. The molecule has 1 aliphatic heterocycles. The molecular weight excluding hydrogens is 393 g/mol. The highest BCUT2D eigenvalue weighted by Gasteiger charge is 2.17. The summed E-state index contributed by atoms with van der Waals surface area (Å²) >= 11 is 12.1. The minimum atomic E-state index is 0.146. The van der Waals surface area contributed by atoms with Crippen LogP contribution in [0, 0.1) is 0 Å². The Bertz CT molecular complexity index is 889. The zero-order valence-corrected chi connectivity index (χ0v) is 15.8. The average molecular weight is 410 g/mol. The van der Waals surface area contributed by atoms with E-state index in [4.69, 9.17) is 43.4 Å². The molecule has 5 N–H and O–H groups in total. The van der Waals surface area contributed by atoms with E-state index in [9.17, 15) is 0 Å². The van der Waals surface area contributed by atoms with E-state index < -0.39 is 0 Å². The van der Waals surface area contributed by atoms with E-state index in [2.05, 4.69) is 16.0 Å². The van der Waals surface area contributed by atoms with Gasteiger partial charge in [0.25, 0.3) is 0 Å². The summed E-state index contributed by atoms with van der Waals surface area (Å²) < 4.78 is 5.32. The predicted molar refractivity (Wildman–Crippen MR) is 102 cm³/mol. The van der Waals surface area contributed by atoms with Gasteiger partial charge in [0, 0.05) is 15.6 Å². The first-order valence-corrected chi connectivity index (χ1v) is 8.57. The summed E-state index contributed by atoms with van der Waals surface area (Å²) in [6.45, 7) is 0.214. The zero-order chi connectivity index (χ0) is 19.2. The Morgan fingerprint density at radius 3 is 2.81 bits per heavy atom. The fourth-order valence-corrected chi connectivity index (χ4v) is 2.70. The molecule has 142 valence electrons. The highest BCUT2D eigenvalue weighted by Crippen LogP contribution is 2.32. The van der Waals surface area contributed by atoms with Crippen LogP contribution in [0.4, 0.5) is 5.69 Å². The van der Waals surface area contributed by atoms with Gasteiger partial charge in [0.05, 0.1) is 12.9 Å². The van der Waals surface area contributed by atoms with Crippen molar-refractivity contribution in [3.8, 4) is 5.75 Å². The van der Waals surface area contributed by atoms with Crippen molar-refractivity contribution in [3.05, 3.63) is 74.9 Å². The van der Waals surface area contributed by atoms with E-state index in [1.165, 1.54) is 5.48 Å². The number of nitrogens with one attached hydrogen (secondary N) is 1. The molecule has 0 bridgehead atoms. The van der Waals surface area contributed by atoms with Crippen LogP contribution in [0.15, 0.2) is 59.1 Å². The number of halogens is 2. The second kappa shape index (κ2) is 8.83. The molecule has 0 atom stereocenters. The summed E-state index contributed by atoms with van der Waals surface area (Å²) in [5.74, 6) is 1.12. The van der Waals surface area contributed by atoms with Crippen LogP contribution in [0.1, 0.15) is 5.56 Å². The van der Waals surface area contributed by atoms with Crippen molar-refractivity contribution in [1.29, 1.82) is 0 Å². The molecule has 27 heavy (non-hydrogen) atoms. The highest BCUT2D eigenvalue weighted by molar-refractivity contribution is 6.35. The Morgan fingerprint density at radius 2 is 2.11 bits per heavy atom. The van der Waals surface area contributed by atoms with Gasteiger partial charge in [0.15, 0.2) is 11.5 Å². The number of quaternary nitrogens is 1. The first-order chi connectivity index (χ1) is 13.1. The van der Waals surface area contributed by atoms with Crippen molar-refractivity contribution in [1.82, 2.24) is 5.48 Å². The molecule has 0 unspecified atom stereocenters. The van der Waals surface area contributed by atoms with Crippen LogP contribution in [-0.2, 0) is 16.4 Å². The fraction of sp³-hybridized carbons (Fsp3) is 0.118. The number of hydrogen-bond donors (Lipinski definition) is 3. The summed E-state index contributed by atoms with van der Waals surface area (Å²) in [4.78, 5) is 10.5. The lowest BCUT2D eigenvalue weighted by Crippen LogP contribution is -2.81. The second-order valence-corrected chi connectivity index (χ2v) is 6.22. The van der Waals surface area contributed by atoms with E-state index in [0.717, 1.165) is 5.56 Å². The smallest absolute Gasteiger partial charge is 0.197 e. The number of nitrogens with two attached hydrogens (primary N) is 2. The molecule has 8 nitrogen and oxygen atoms in total. The maximum atomic E-state index is 6.16. The number of benzene rings is 2. The van der Waals surface area contributed by atoms with Crippen LogP contribution in [0.3, 0.4) is 0 Å². The third-order valence-electron chi connectivity index (χ3n) is 3.58. The summed E-state index contributed by atoms with van der Waals surface area (Å²) in [6, 6.07) is 12.5. The number of para-hydroxylation sites is 2. The minimum Gasteiger partial charge on any atom is -0.603 e. The van der Waals surface area contributed by atoms with Gasteiger partial charge in [0.2, 0.25) is 0 Å². The van der Waals surface area contributed by atoms with Crippen molar-refractivity contribution in [3.63, 3.8) is 0 Å². The first kappa shape index (κ1) is 19.1. The number of amidine groups is 1. The number of hydrogen-bond acceptors (Lipinski definition) is 6. The number of hydroxylamine groups is 2. The third kappa shape index (κ3) is 4.75. The fourth-order valence-electron chi connectivity index (χ4n) is 2.24. The number of oxime groups is 1. The minimum absolute atomic E-state index is 0.146. The second-order valence-electron chi connectivity index (χ2n) is 5.38. The van der Waals surface area contributed by atoms with E-state index in [0.29, 0.717) is 33.0 Å². The molecular formula is C17H17Cl2N5O3. The molecule has 3 rings (SSSR count). The molecule has 0 fully saturated rings. The topological polar surface area (TPSA) is 109 Å². The van der Waals surface area contributed by atoms with Gasteiger partial charge in [-0.05, 0) is 23.4 Å². The standard InChI is InChI=1S/C17H16Cl2N5O3/c1-25-14-5-3-2-4-13(14)21-17(15-16(20)23-27-22-15)24-26-9-10-6-7-11(18)8-12(10)19/h2-8,22,24H,9H2,1H3,(H2,20,23)/q-1/p+1. The lowest BCUT2D eigenvalue weighted by Gasteiger charge is -2.25. The van der Waals surface area contributed by atoms with Gasteiger partial charge in [-0.1, -0.05) is 53.2 Å². The maximum absolute atomic E-state index is 6.16. The zero-order valence-electron chi connectivity index (χ0n) is 14.3. The molecule has 0 spiro atoms. The molecule has 1 heterocycles. The summed E-state index contributed by atoms with van der Waals surface area (Å²) in [7, 11) is 1.57. The molecule has 10 heteroatoms. The Kier molecular flexibility index (Phi) is 6.25.